The summed E-state index contributed by atoms with van der Waals surface area (Å²) in [5.74, 6) is -0.945. The molecule has 1 N–H and O–H groups in total. The summed E-state index contributed by atoms with van der Waals surface area (Å²) < 4.78 is 4.87. The second kappa shape index (κ2) is 8.12. The molecule has 20 heavy (non-hydrogen) atoms. The van der Waals surface area contributed by atoms with E-state index >= 15 is 0 Å². The van der Waals surface area contributed by atoms with E-state index in [1.165, 1.54) is 6.08 Å². The highest BCUT2D eigenvalue weighted by molar-refractivity contribution is 5.85. The summed E-state index contributed by atoms with van der Waals surface area (Å²) in [6.45, 7) is 0.938. The number of ether oxygens (including phenoxy) is 1. The van der Waals surface area contributed by atoms with Gasteiger partial charge in [0.2, 0.25) is 5.91 Å². The first-order valence-electron chi connectivity index (χ1n) is 6.25. The monoisotopic (exact) mass is 277 g/mol. The van der Waals surface area contributed by atoms with E-state index in [-0.39, 0.29) is 5.91 Å². The van der Waals surface area contributed by atoms with Crippen molar-refractivity contribution >= 4 is 18.0 Å². The molecule has 1 aromatic carbocycles. The van der Waals surface area contributed by atoms with Crippen molar-refractivity contribution in [3.8, 4) is 0 Å². The van der Waals surface area contributed by atoms with Crippen molar-refractivity contribution in [2.45, 2.75) is 13.0 Å². The predicted octanol–water partition coefficient (Wildman–Crippen LogP) is 1.78. The van der Waals surface area contributed by atoms with Gasteiger partial charge in [-0.05, 0) is 17.2 Å². The van der Waals surface area contributed by atoms with Crippen molar-refractivity contribution in [1.82, 2.24) is 4.90 Å². The minimum atomic E-state index is -0.974. The second-order valence-corrected chi connectivity index (χ2v) is 4.41. The lowest BCUT2D eigenvalue weighted by Crippen LogP contribution is -2.26. The normalized spacial score (nSPS) is 10.7. The molecule has 0 atom stereocenters. The minimum absolute atomic E-state index is 0.0294. The molecule has 0 heterocycles. The number of hydrogen-bond donors (Lipinski definition) is 1. The van der Waals surface area contributed by atoms with Gasteiger partial charge in [-0.1, -0.05) is 24.3 Å². The van der Waals surface area contributed by atoms with Crippen molar-refractivity contribution < 1.29 is 19.4 Å². The van der Waals surface area contributed by atoms with Gasteiger partial charge in [-0.2, -0.15) is 0 Å². The molecule has 1 rings (SSSR count). The third-order valence-corrected chi connectivity index (χ3v) is 2.76. The van der Waals surface area contributed by atoms with Crippen LogP contribution in [0.3, 0.4) is 0 Å². The van der Waals surface area contributed by atoms with Crippen molar-refractivity contribution in [1.29, 1.82) is 0 Å². The topological polar surface area (TPSA) is 66.8 Å². The summed E-state index contributed by atoms with van der Waals surface area (Å²) in [6.07, 6.45) is 2.99. The molecule has 0 aliphatic carbocycles. The van der Waals surface area contributed by atoms with Crippen LogP contribution in [0.1, 0.15) is 17.5 Å². The number of carbonyl (C=O) groups is 2. The number of hydrogen-bond acceptors (Lipinski definition) is 3. The Balaban J connectivity index is 2.56. The standard InChI is InChI=1S/C15H19NO4/c1-16(14(17)9-10-20-2)11-13-5-3-12(4-6-13)7-8-15(18)19/h3-8H,9-11H2,1-2H3,(H,18,19). The maximum atomic E-state index is 11.7. The van der Waals surface area contributed by atoms with Gasteiger partial charge in [0.25, 0.3) is 0 Å². The fourth-order valence-corrected chi connectivity index (χ4v) is 1.64. The summed E-state index contributed by atoms with van der Waals surface area (Å²) >= 11 is 0. The number of methoxy groups -OCH3 is 1. The van der Waals surface area contributed by atoms with Crippen LogP contribution in [0.15, 0.2) is 30.3 Å². The Hall–Kier alpha value is -2.14. The Morgan fingerprint density at radius 1 is 1.30 bits per heavy atom. The first-order chi connectivity index (χ1) is 9.52. The number of carboxylic acids is 1. The van der Waals surface area contributed by atoms with E-state index in [1.807, 2.05) is 24.3 Å². The molecule has 5 nitrogen and oxygen atoms in total. The van der Waals surface area contributed by atoms with Gasteiger partial charge >= 0.3 is 5.97 Å². The summed E-state index contributed by atoms with van der Waals surface area (Å²) in [4.78, 5) is 23.8. The smallest absolute Gasteiger partial charge is 0.328 e. The van der Waals surface area contributed by atoms with Crippen LogP contribution in [-0.2, 0) is 20.9 Å². The first kappa shape index (κ1) is 15.9. The van der Waals surface area contributed by atoms with E-state index in [1.54, 1.807) is 19.1 Å². The molecule has 0 fully saturated rings. The Morgan fingerprint density at radius 2 is 1.95 bits per heavy atom. The van der Waals surface area contributed by atoms with Crippen molar-refractivity contribution in [3.05, 3.63) is 41.5 Å². The van der Waals surface area contributed by atoms with E-state index in [9.17, 15) is 9.59 Å². The van der Waals surface area contributed by atoms with E-state index in [2.05, 4.69) is 0 Å². The van der Waals surface area contributed by atoms with Crippen LogP contribution in [0.5, 0.6) is 0 Å². The maximum absolute atomic E-state index is 11.7. The summed E-state index contributed by atoms with van der Waals surface area (Å²) in [6, 6.07) is 7.40. The number of carbonyl (C=O) groups excluding carboxylic acids is 1. The molecule has 0 saturated carbocycles. The molecule has 0 radical (unpaired) electrons. The molecule has 108 valence electrons. The van der Waals surface area contributed by atoms with Gasteiger partial charge in [-0.15, -0.1) is 0 Å². The van der Waals surface area contributed by atoms with Crippen molar-refractivity contribution in [2.75, 3.05) is 20.8 Å². The Kier molecular flexibility index (Phi) is 6.46. The lowest BCUT2D eigenvalue weighted by atomic mass is 10.1. The quantitative estimate of drug-likeness (QED) is 0.771. The molecule has 0 bridgehead atoms. The number of amides is 1. The van der Waals surface area contributed by atoms with Crippen LogP contribution >= 0.6 is 0 Å². The second-order valence-electron chi connectivity index (χ2n) is 4.41. The third-order valence-electron chi connectivity index (χ3n) is 2.76. The minimum Gasteiger partial charge on any atom is -0.478 e. The average Bonchev–Trinajstić information content (AvgIpc) is 2.43. The van der Waals surface area contributed by atoms with Crippen molar-refractivity contribution in [3.63, 3.8) is 0 Å². The Labute approximate surface area is 118 Å². The number of rotatable bonds is 7. The van der Waals surface area contributed by atoms with Gasteiger partial charge in [0.15, 0.2) is 0 Å². The van der Waals surface area contributed by atoms with Crippen LogP contribution < -0.4 is 0 Å². The zero-order valence-corrected chi connectivity index (χ0v) is 11.7. The molecular weight excluding hydrogens is 258 g/mol. The summed E-state index contributed by atoms with van der Waals surface area (Å²) in [5.41, 5.74) is 1.80. The lowest BCUT2D eigenvalue weighted by Gasteiger charge is -2.17. The van der Waals surface area contributed by atoms with E-state index in [0.29, 0.717) is 19.6 Å². The first-order valence-corrected chi connectivity index (χ1v) is 6.25. The molecular formula is C15H19NO4. The molecule has 0 aromatic heterocycles. The molecule has 0 unspecified atom stereocenters. The predicted molar refractivity (Wildman–Crippen MR) is 76.1 cm³/mol. The Morgan fingerprint density at radius 3 is 2.50 bits per heavy atom. The molecule has 0 aliphatic heterocycles. The fraction of sp³-hybridized carbons (Fsp3) is 0.333. The van der Waals surface area contributed by atoms with Crippen LogP contribution in [0.4, 0.5) is 0 Å². The van der Waals surface area contributed by atoms with Crippen LogP contribution in [-0.4, -0.2) is 42.6 Å². The Bertz CT molecular complexity index is 479. The molecule has 0 spiro atoms. The van der Waals surface area contributed by atoms with E-state index < -0.39 is 5.97 Å². The van der Waals surface area contributed by atoms with Gasteiger partial charge in [-0.25, -0.2) is 4.79 Å². The van der Waals surface area contributed by atoms with Crippen LogP contribution in [0.25, 0.3) is 6.08 Å². The van der Waals surface area contributed by atoms with Gasteiger partial charge in [-0.3, -0.25) is 4.79 Å². The van der Waals surface area contributed by atoms with Crippen LogP contribution in [0.2, 0.25) is 0 Å². The van der Waals surface area contributed by atoms with Gasteiger partial charge in [0, 0.05) is 26.8 Å². The number of nitrogens with zero attached hydrogens (tertiary/aromatic N) is 1. The van der Waals surface area contributed by atoms with Gasteiger partial charge in [0.1, 0.15) is 0 Å². The summed E-state index contributed by atoms with van der Waals surface area (Å²) in [5, 5.41) is 8.54. The zero-order valence-electron chi connectivity index (χ0n) is 11.7. The zero-order chi connectivity index (χ0) is 15.0. The molecule has 0 saturated heterocycles. The number of benzene rings is 1. The number of aliphatic carboxylic acids is 1. The van der Waals surface area contributed by atoms with E-state index in [4.69, 9.17) is 9.84 Å². The number of carboxylic acid groups (broad SMARTS) is 1. The largest absolute Gasteiger partial charge is 0.478 e. The third kappa shape index (κ3) is 5.67. The van der Waals surface area contributed by atoms with Gasteiger partial charge < -0.3 is 14.7 Å². The highest BCUT2D eigenvalue weighted by atomic mass is 16.5. The lowest BCUT2D eigenvalue weighted by molar-refractivity contribution is -0.132. The highest BCUT2D eigenvalue weighted by Crippen LogP contribution is 2.09. The maximum Gasteiger partial charge on any atom is 0.328 e. The molecule has 0 aliphatic rings. The molecule has 1 amide bonds. The fourth-order valence-electron chi connectivity index (χ4n) is 1.64. The van der Waals surface area contributed by atoms with Gasteiger partial charge in [0.05, 0.1) is 13.0 Å². The molecule has 1 aromatic rings. The average molecular weight is 277 g/mol. The summed E-state index contributed by atoms with van der Waals surface area (Å²) in [7, 11) is 3.31. The SMILES string of the molecule is COCCC(=O)N(C)Cc1ccc(C=CC(=O)O)cc1. The van der Waals surface area contributed by atoms with Crippen LogP contribution in [0, 0.1) is 0 Å². The highest BCUT2D eigenvalue weighted by Gasteiger charge is 2.08. The molecule has 5 heteroatoms. The van der Waals surface area contributed by atoms with E-state index in [0.717, 1.165) is 17.2 Å². The van der Waals surface area contributed by atoms with Crippen molar-refractivity contribution in [2.24, 2.45) is 0 Å².